The lowest BCUT2D eigenvalue weighted by molar-refractivity contribution is -0.141. The van der Waals surface area contributed by atoms with Gasteiger partial charge in [-0.3, -0.25) is 5.32 Å². The van der Waals surface area contributed by atoms with Crippen molar-refractivity contribution in [2.75, 3.05) is 0 Å². The molecule has 0 unspecified atom stereocenters. The number of carbonyl (C=O) groups excluding carboxylic acids is 1. The first-order valence-electron chi connectivity index (χ1n) is 4.33. The molecule has 15 heavy (non-hydrogen) atoms. The molecule has 2 N–H and O–H groups in total. The Labute approximate surface area is 88.8 Å². The van der Waals surface area contributed by atoms with Crippen LogP contribution in [0.1, 0.15) is 27.7 Å². The minimum atomic E-state index is -1.75. The number of ether oxygens (including phenoxy) is 1. The SMILES string of the molecule is C#C[C@@](C)(NC(=O)OC(C)(C)C)C(=O)O. The van der Waals surface area contributed by atoms with E-state index in [0.717, 1.165) is 0 Å². The molecule has 0 aliphatic carbocycles. The van der Waals surface area contributed by atoms with Crippen LogP contribution < -0.4 is 5.32 Å². The number of aliphatic carboxylic acids is 1. The average molecular weight is 213 g/mol. The molecule has 0 aliphatic heterocycles. The summed E-state index contributed by atoms with van der Waals surface area (Å²) >= 11 is 0. The highest BCUT2D eigenvalue weighted by molar-refractivity contribution is 5.87. The Hall–Kier alpha value is -1.70. The van der Waals surface area contributed by atoms with Crippen LogP contribution in [-0.4, -0.2) is 28.3 Å². The van der Waals surface area contributed by atoms with Crippen molar-refractivity contribution >= 4 is 12.1 Å². The monoisotopic (exact) mass is 213 g/mol. The smallest absolute Gasteiger partial charge is 0.409 e. The minimum Gasteiger partial charge on any atom is -0.479 e. The number of hydrogen-bond donors (Lipinski definition) is 2. The Morgan fingerprint density at radius 1 is 1.33 bits per heavy atom. The summed E-state index contributed by atoms with van der Waals surface area (Å²) in [5, 5.41) is 10.9. The zero-order valence-electron chi connectivity index (χ0n) is 9.25. The van der Waals surface area contributed by atoms with Crippen LogP contribution >= 0.6 is 0 Å². The fourth-order valence-corrected chi connectivity index (χ4v) is 0.659. The first-order valence-corrected chi connectivity index (χ1v) is 4.33. The van der Waals surface area contributed by atoms with Gasteiger partial charge in [0.05, 0.1) is 0 Å². The van der Waals surface area contributed by atoms with Crippen LogP contribution in [0.15, 0.2) is 0 Å². The van der Waals surface area contributed by atoms with Crippen LogP contribution in [0.4, 0.5) is 4.79 Å². The second-order valence-electron chi connectivity index (χ2n) is 4.20. The lowest BCUT2D eigenvalue weighted by Gasteiger charge is -2.24. The molecular formula is C10H15NO4. The molecule has 0 saturated carbocycles. The van der Waals surface area contributed by atoms with Gasteiger partial charge in [0.25, 0.3) is 0 Å². The zero-order chi connectivity index (χ0) is 12.3. The van der Waals surface area contributed by atoms with Gasteiger partial charge in [-0.2, -0.15) is 0 Å². The van der Waals surface area contributed by atoms with Gasteiger partial charge in [-0.15, -0.1) is 6.42 Å². The molecule has 0 spiro atoms. The molecular weight excluding hydrogens is 198 g/mol. The minimum absolute atomic E-state index is 0.696. The van der Waals surface area contributed by atoms with E-state index in [2.05, 4.69) is 5.32 Å². The number of rotatable bonds is 2. The molecule has 84 valence electrons. The molecule has 0 aromatic heterocycles. The maximum Gasteiger partial charge on any atom is 0.409 e. The molecule has 1 amide bonds. The van der Waals surface area contributed by atoms with Crippen LogP contribution in [0.2, 0.25) is 0 Å². The van der Waals surface area contributed by atoms with E-state index < -0.39 is 23.2 Å². The van der Waals surface area contributed by atoms with Gasteiger partial charge in [0.1, 0.15) is 5.60 Å². The Morgan fingerprint density at radius 3 is 2.07 bits per heavy atom. The van der Waals surface area contributed by atoms with Crippen molar-refractivity contribution in [2.45, 2.75) is 38.8 Å². The van der Waals surface area contributed by atoms with Gasteiger partial charge in [-0.05, 0) is 27.7 Å². The van der Waals surface area contributed by atoms with Crippen LogP contribution in [0.5, 0.6) is 0 Å². The van der Waals surface area contributed by atoms with E-state index in [4.69, 9.17) is 16.3 Å². The Balaban J connectivity index is 4.55. The first-order chi connectivity index (χ1) is 6.60. The van der Waals surface area contributed by atoms with Gasteiger partial charge >= 0.3 is 12.1 Å². The van der Waals surface area contributed by atoms with Crippen molar-refractivity contribution in [3.8, 4) is 12.3 Å². The molecule has 5 heteroatoms. The maximum absolute atomic E-state index is 11.2. The summed E-state index contributed by atoms with van der Waals surface area (Å²) in [6.07, 6.45) is 4.16. The quantitative estimate of drug-likeness (QED) is 0.670. The van der Waals surface area contributed by atoms with Gasteiger partial charge in [0.15, 0.2) is 5.54 Å². The van der Waals surface area contributed by atoms with Crippen molar-refractivity contribution in [2.24, 2.45) is 0 Å². The number of carbonyl (C=O) groups is 2. The second kappa shape index (κ2) is 4.22. The number of nitrogens with one attached hydrogen (secondary N) is 1. The number of amides is 1. The van der Waals surface area contributed by atoms with Crippen molar-refractivity contribution in [1.29, 1.82) is 0 Å². The number of carboxylic acid groups (broad SMARTS) is 1. The molecule has 0 bridgehead atoms. The lowest BCUT2D eigenvalue weighted by atomic mass is 10.1. The summed E-state index contributed by atoms with van der Waals surface area (Å²) in [4.78, 5) is 22.0. The predicted molar refractivity (Wildman–Crippen MR) is 54.2 cm³/mol. The van der Waals surface area contributed by atoms with Crippen molar-refractivity contribution in [3.05, 3.63) is 0 Å². The first kappa shape index (κ1) is 13.3. The molecule has 0 rings (SSSR count). The average Bonchev–Trinajstić information content (AvgIpc) is 1.99. The van der Waals surface area contributed by atoms with Gasteiger partial charge in [-0.1, -0.05) is 5.92 Å². The lowest BCUT2D eigenvalue weighted by Crippen LogP contribution is -2.52. The molecule has 0 radical (unpaired) electrons. The fraction of sp³-hybridized carbons (Fsp3) is 0.600. The third-order valence-electron chi connectivity index (χ3n) is 1.47. The third-order valence-corrected chi connectivity index (χ3v) is 1.47. The summed E-state index contributed by atoms with van der Waals surface area (Å²) in [6.45, 7) is 6.21. The van der Waals surface area contributed by atoms with Gasteiger partial charge in [-0.25, -0.2) is 9.59 Å². The number of carboxylic acids is 1. The second-order valence-corrected chi connectivity index (χ2v) is 4.20. The standard InChI is InChI=1S/C10H15NO4/c1-6-10(5,7(12)13)11-8(14)15-9(2,3)4/h1H,2-5H3,(H,11,14)(H,12,13)/t10-/m1/s1. The van der Waals surface area contributed by atoms with Crippen LogP contribution in [0, 0.1) is 12.3 Å². The molecule has 1 atom stereocenters. The van der Waals surface area contributed by atoms with Crippen molar-refractivity contribution < 1.29 is 19.4 Å². The molecule has 0 fully saturated rings. The Bertz CT molecular complexity index is 310. The number of alkyl carbamates (subject to hydrolysis) is 1. The van der Waals surface area contributed by atoms with Crippen LogP contribution in [0.25, 0.3) is 0 Å². The zero-order valence-corrected chi connectivity index (χ0v) is 9.25. The van der Waals surface area contributed by atoms with E-state index in [1.807, 2.05) is 5.92 Å². The molecule has 0 aromatic rings. The molecule has 5 nitrogen and oxygen atoms in total. The Morgan fingerprint density at radius 2 is 1.80 bits per heavy atom. The van der Waals surface area contributed by atoms with Gasteiger partial charge < -0.3 is 9.84 Å². The van der Waals surface area contributed by atoms with E-state index >= 15 is 0 Å². The highest BCUT2D eigenvalue weighted by Gasteiger charge is 2.34. The fourth-order valence-electron chi connectivity index (χ4n) is 0.659. The van der Waals surface area contributed by atoms with Gasteiger partial charge in [0, 0.05) is 0 Å². The van der Waals surface area contributed by atoms with Gasteiger partial charge in [0.2, 0.25) is 0 Å². The summed E-state index contributed by atoms with van der Waals surface area (Å²) in [6, 6.07) is 0. The van der Waals surface area contributed by atoms with E-state index in [1.165, 1.54) is 6.92 Å². The molecule has 0 aromatic carbocycles. The van der Waals surface area contributed by atoms with Crippen molar-refractivity contribution in [3.63, 3.8) is 0 Å². The van der Waals surface area contributed by atoms with E-state index in [0.29, 0.717) is 0 Å². The van der Waals surface area contributed by atoms with Crippen molar-refractivity contribution in [1.82, 2.24) is 5.32 Å². The summed E-state index contributed by atoms with van der Waals surface area (Å²) in [7, 11) is 0. The van der Waals surface area contributed by atoms with E-state index in [9.17, 15) is 9.59 Å². The predicted octanol–water partition coefficient (Wildman–Crippen LogP) is 0.988. The van der Waals surface area contributed by atoms with Crippen LogP contribution in [0.3, 0.4) is 0 Å². The largest absolute Gasteiger partial charge is 0.479 e. The summed E-state index contributed by atoms with van der Waals surface area (Å²) in [5.74, 6) is 0.674. The highest BCUT2D eigenvalue weighted by Crippen LogP contribution is 2.09. The Kier molecular flexibility index (Phi) is 3.74. The van der Waals surface area contributed by atoms with Crippen LogP contribution in [-0.2, 0) is 9.53 Å². The topological polar surface area (TPSA) is 75.6 Å². The van der Waals surface area contributed by atoms with E-state index in [-0.39, 0.29) is 0 Å². The third kappa shape index (κ3) is 4.36. The number of hydrogen-bond acceptors (Lipinski definition) is 3. The van der Waals surface area contributed by atoms with E-state index in [1.54, 1.807) is 20.8 Å². The molecule has 0 heterocycles. The molecule has 0 aliphatic rings. The number of terminal acetylenes is 1. The highest BCUT2D eigenvalue weighted by atomic mass is 16.6. The summed E-state index contributed by atoms with van der Waals surface area (Å²) in [5.41, 5.74) is -2.44. The summed E-state index contributed by atoms with van der Waals surface area (Å²) < 4.78 is 4.88. The maximum atomic E-state index is 11.2. The normalized spacial score (nSPS) is 14.6. The molecule has 0 saturated heterocycles.